The van der Waals surface area contributed by atoms with Gasteiger partial charge in [-0.3, -0.25) is 0 Å². The Kier molecular flexibility index (Phi) is 4.38. The Morgan fingerprint density at radius 2 is 1.57 bits per heavy atom. The molecule has 0 saturated carbocycles. The fraction of sp³-hybridized carbons (Fsp3) is 0.111. The first-order valence-corrected chi connectivity index (χ1v) is 7.29. The minimum atomic E-state index is 0.562. The minimum Gasteiger partial charge on any atom is -0.378 e. The van der Waals surface area contributed by atoms with Crippen LogP contribution >= 0.6 is 0 Å². The van der Waals surface area contributed by atoms with Gasteiger partial charge >= 0.3 is 0 Å². The summed E-state index contributed by atoms with van der Waals surface area (Å²) < 4.78 is 0. The van der Waals surface area contributed by atoms with Crippen LogP contribution in [0.2, 0.25) is 0 Å². The molecule has 0 saturated heterocycles. The standard InChI is InChI=1S/C18H17N5/c1-23(2)15-10-8-14(9-11-15)16-6-5-13-20-18(16)22-21-17-7-3-4-12-19-17/h3-13H,1-2H3. The first kappa shape index (κ1) is 14.8. The first-order chi connectivity index (χ1) is 11.2. The first-order valence-electron chi connectivity index (χ1n) is 7.29. The fourth-order valence-corrected chi connectivity index (χ4v) is 2.15. The maximum atomic E-state index is 4.33. The van der Waals surface area contributed by atoms with E-state index in [9.17, 15) is 0 Å². The normalized spacial score (nSPS) is 10.9. The molecule has 2 aromatic heterocycles. The van der Waals surface area contributed by atoms with Crippen LogP contribution in [0.3, 0.4) is 0 Å². The summed E-state index contributed by atoms with van der Waals surface area (Å²) in [5, 5.41) is 8.40. The molecule has 3 rings (SSSR count). The molecule has 2 heterocycles. The Bertz CT molecular complexity index is 795. The lowest BCUT2D eigenvalue weighted by molar-refractivity contribution is 1.11. The van der Waals surface area contributed by atoms with E-state index >= 15 is 0 Å². The monoisotopic (exact) mass is 303 g/mol. The molecule has 0 aliphatic carbocycles. The van der Waals surface area contributed by atoms with Crippen LogP contribution in [0.25, 0.3) is 11.1 Å². The van der Waals surface area contributed by atoms with Gasteiger partial charge in [-0.1, -0.05) is 18.2 Å². The molecule has 5 heteroatoms. The van der Waals surface area contributed by atoms with Crippen molar-refractivity contribution in [1.29, 1.82) is 0 Å². The number of hydrogen-bond donors (Lipinski definition) is 0. The molecule has 114 valence electrons. The molecule has 0 aliphatic rings. The third kappa shape index (κ3) is 3.58. The molecule has 5 nitrogen and oxygen atoms in total. The third-order valence-electron chi connectivity index (χ3n) is 3.38. The molecule has 0 radical (unpaired) electrons. The molecule has 0 N–H and O–H groups in total. The second-order valence-electron chi connectivity index (χ2n) is 5.20. The molecule has 0 aliphatic heterocycles. The average molecular weight is 303 g/mol. The molecule has 3 aromatic rings. The van der Waals surface area contributed by atoms with Crippen LogP contribution in [-0.2, 0) is 0 Å². The number of rotatable bonds is 4. The van der Waals surface area contributed by atoms with Gasteiger partial charge in [-0.05, 0) is 42.0 Å². The summed E-state index contributed by atoms with van der Waals surface area (Å²) in [6.07, 6.45) is 3.40. The minimum absolute atomic E-state index is 0.562. The van der Waals surface area contributed by atoms with Gasteiger partial charge in [-0.2, -0.15) is 0 Å². The van der Waals surface area contributed by atoms with E-state index < -0.39 is 0 Å². The number of pyridine rings is 2. The van der Waals surface area contributed by atoms with Crippen LogP contribution < -0.4 is 4.90 Å². The van der Waals surface area contributed by atoms with E-state index in [4.69, 9.17) is 0 Å². The van der Waals surface area contributed by atoms with Crippen molar-refractivity contribution < 1.29 is 0 Å². The van der Waals surface area contributed by atoms with Crippen molar-refractivity contribution in [2.75, 3.05) is 19.0 Å². The van der Waals surface area contributed by atoms with Crippen molar-refractivity contribution in [1.82, 2.24) is 9.97 Å². The number of azo groups is 1. The van der Waals surface area contributed by atoms with Crippen LogP contribution in [0.5, 0.6) is 0 Å². The number of anilines is 1. The number of hydrogen-bond acceptors (Lipinski definition) is 5. The van der Waals surface area contributed by atoms with E-state index in [0.29, 0.717) is 11.6 Å². The highest BCUT2D eigenvalue weighted by Gasteiger charge is 2.06. The third-order valence-corrected chi connectivity index (χ3v) is 3.38. The van der Waals surface area contributed by atoms with Gasteiger partial charge in [0, 0.05) is 37.7 Å². The Morgan fingerprint density at radius 3 is 2.26 bits per heavy atom. The Labute approximate surface area is 135 Å². The Morgan fingerprint density at radius 1 is 0.783 bits per heavy atom. The van der Waals surface area contributed by atoms with Crippen molar-refractivity contribution in [2.24, 2.45) is 10.2 Å². The van der Waals surface area contributed by atoms with Crippen LogP contribution in [0.4, 0.5) is 17.3 Å². The van der Waals surface area contributed by atoms with Gasteiger partial charge in [0.25, 0.3) is 0 Å². The van der Waals surface area contributed by atoms with Gasteiger partial charge in [0.2, 0.25) is 0 Å². The summed E-state index contributed by atoms with van der Waals surface area (Å²) in [4.78, 5) is 10.5. The van der Waals surface area contributed by atoms with Crippen LogP contribution in [0.15, 0.2) is 77.2 Å². The van der Waals surface area contributed by atoms with Crippen molar-refractivity contribution in [3.63, 3.8) is 0 Å². The number of aromatic nitrogens is 2. The highest BCUT2D eigenvalue weighted by molar-refractivity contribution is 5.74. The van der Waals surface area contributed by atoms with Gasteiger partial charge in [0.15, 0.2) is 11.6 Å². The van der Waals surface area contributed by atoms with E-state index in [-0.39, 0.29) is 0 Å². The van der Waals surface area contributed by atoms with Crippen molar-refractivity contribution in [3.05, 3.63) is 67.0 Å². The van der Waals surface area contributed by atoms with Crippen molar-refractivity contribution in [2.45, 2.75) is 0 Å². The Balaban J connectivity index is 1.93. The van der Waals surface area contributed by atoms with E-state index in [0.717, 1.165) is 16.8 Å². The molecular weight excluding hydrogens is 286 g/mol. The lowest BCUT2D eigenvalue weighted by Gasteiger charge is -2.13. The van der Waals surface area contributed by atoms with Crippen molar-refractivity contribution >= 4 is 17.3 Å². The topological polar surface area (TPSA) is 53.7 Å². The van der Waals surface area contributed by atoms with E-state index in [2.05, 4.69) is 49.4 Å². The molecular formula is C18H17N5. The van der Waals surface area contributed by atoms with E-state index in [1.54, 1.807) is 18.5 Å². The zero-order valence-electron chi connectivity index (χ0n) is 13.1. The molecule has 0 atom stereocenters. The van der Waals surface area contributed by atoms with Gasteiger partial charge in [0.05, 0.1) is 0 Å². The fourth-order valence-electron chi connectivity index (χ4n) is 2.15. The maximum Gasteiger partial charge on any atom is 0.182 e. The molecule has 0 bridgehead atoms. The van der Waals surface area contributed by atoms with E-state index in [1.165, 1.54) is 0 Å². The van der Waals surface area contributed by atoms with Crippen molar-refractivity contribution in [3.8, 4) is 11.1 Å². The van der Waals surface area contributed by atoms with Crippen LogP contribution in [-0.4, -0.2) is 24.1 Å². The zero-order chi connectivity index (χ0) is 16.1. The summed E-state index contributed by atoms with van der Waals surface area (Å²) in [6.45, 7) is 0. The highest BCUT2D eigenvalue weighted by atomic mass is 15.2. The summed E-state index contributed by atoms with van der Waals surface area (Å²) in [5.41, 5.74) is 3.14. The molecule has 1 aromatic carbocycles. The molecule has 0 unspecified atom stereocenters. The Hall–Kier alpha value is -3.08. The summed E-state index contributed by atoms with van der Waals surface area (Å²) in [7, 11) is 4.04. The lowest BCUT2D eigenvalue weighted by Crippen LogP contribution is -2.07. The second kappa shape index (κ2) is 6.79. The summed E-state index contributed by atoms with van der Waals surface area (Å²) in [5.74, 6) is 1.14. The highest BCUT2D eigenvalue weighted by Crippen LogP contribution is 2.30. The van der Waals surface area contributed by atoms with Crippen LogP contribution in [0, 0.1) is 0 Å². The van der Waals surface area contributed by atoms with Gasteiger partial charge in [-0.15, -0.1) is 10.2 Å². The average Bonchev–Trinajstić information content (AvgIpc) is 2.61. The zero-order valence-corrected chi connectivity index (χ0v) is 13.1. The smallest absolute Gasteiger partial charge is 0.182 e. The molecule has 0 fully saturated rings. The number of benzene rings is 1. The second-order valence-corrected chi connectivity index (χ2v) is 5.20. The maximum absolute atomic E-state index is 4.33. The summed E-state index contributed by atoms with van der Waals surface area (Å²) >= 11 is 0. The molecule has 0 spiro atoms. The van der Waals surface area contributed by atoms with E-state index in [1.807, 2.05) is 38.4 Å². The molecule has 23 heavy (non-hydrogen) atoms. The van der Waals surface area contributed by atoms with Crippen LogP contribution in [0.1, 0.15) is 0 Å². The lowest BCUT2D eigenvalue weighted by atomic mass is 10.1. The predicted octanol–water partition coefficient (Wildman–Crippen LogP) is 4.63. The predicted molar refractivity (Wildman–Crippen MR) is 92.4 cm³/mol. The van der Waals surface area contributed by atoms with Gasteiger partial charge in [0.1, 0.15) is 0 Å². The quantitative estimate of drug-likeness (QED) is 0.660. The molecule has 0 amide bonds. The summed E-state index contributed by atoms with van der Waals surface area (Å²) in [6, 6.07) is 17.7. The van der Waals surface area contributed by atoms with Gasteiger partial charge < -0.3 is 4.90 Å². The largest absolute Gasteiger partial charge is 0.378 e. The number of nitrogens with zero attached hydrogens (tertiary/aromatic N) is 5. The SMILES string of the molecule is CN(C)c1ccc(-c2cccnc2N=Nc2ccccn2)cc1. The van der Waals surface area contributed by atoms with Gasteiger partial charge in [-0.25, -0.2) is 9.97 Å².